The first-order valence-electron chi connectivity index (χ1n) is 4.70. The smallest absolute Gasteiger partial charge is 0.305 e. The summed E-state index contributed by atoms with van der Waals surface area (Å²) >= 11 is 0. The van der Waals surface area contributed by atoms with Gasteiger partial charge in [0.1, 0.15) is 0 Å². The zero-order chi connectivity index (χ0) is 10.4. The summed E-state index contributed by atoms with van der Waals surface area (Å²) in [7, 11) is 1.75. The third-order valence-electron chi connectivity index (χ3n) is 2.66. The molecule has 0 bridgehead atoms. The van der Waals surface area contributed by atoms with Crippen LogP contribution in [0.4, 0.5) is 0 Å². The minimum atomic E-state index is -0.0960. The van der Waals surface area contributed by atoms with E-state index in [1.165, 1.54) is 0 Å². The number of rotatable bonds is 0. The van der Waals surface area contributed by atoms with Crippen molar-refractivity contribution in [1.29, 1.82) is 0 Å². The van der Waals surface area contributed by atoms with E-state index in [1.807, 2.05) is 24.3 Å². The average Bonchev–Trinajstić information content (AvgIpc) is 2.56. The predicted octanol–water partition coefficient (Wildman–Crippen LogP) is 1.41. The highest BCUT2D eigenvalue weighted by molar-refractivity contribution is 6.02. The Hall–Kier alpha value is -2.10. The summed E-state index contributed by atoms with van der Waals surface area (Å²) in [5.41, 5.74) is 2.56. The van der Waals surface area contributed by atoms with E-state index in [0.717, 1.165) is 21.9 Å². The van der Waals surface area contributed by atoms with Crippen LogP contribution in [0.15, 0.2) is 35.3 Å². The molecule has 0 aliphatic rings. The van der Waals surface area contributed by atoms with Gasteiger partial charge in [0, 0.05) is 18.6 Å². The van der Waals surface area contributed by atoms with E-state index in [9.17, 15) is 4.79 Å². The summed E-state index contributed by atoms with van der Waals surface area (Å²) in [5, 5.41) is 0.979. The van der Waals surface area contributed by atoms with Crippen LogP contribution in [0.1, 0.15) is 0 Å². The van der Waals surface area contributed by atoms with Crippen molar-refractivity contribution < 1.29 is 0 Å². The van der Waals surface area contributed by atoms with E-state index in [0.29, 0.717) is 0 Å². The molecule has 1 aromatic carbocycles. The molecule has 0 fully saturated rings. The van der Waals surface area contributed by atoms with Gasteiger partial charge in [-0.15, -0.1) is 0 Å². The number of aromatic amines is 1. The number of imidazole rings is 1. The minimum absolute atomic E-state index is 0.0960. The van der Waals surface area contributed by atoms with E-state index in [-0.39, 0.29) is 5.69 Å². The third-order valence-corrected chi connectivity index (χ3v) is 2.66. The maximum absolute atomic E-state index is 11.5. The summed E-state index contributed by atoms with van der Waals surface area (Å²) in [4.78, 5) is 18.5. The van der Waals surface area contributed by atoms with Crippen LogP contribution in [0, 0.1) is 0 Å². The second-order valence-electron chi connectivity index (χ2n) is 3.52. The monoisotopic (exact) mass is 199 g/mol. The van der Waals surface area contributed by atoms with Crippen LogP contribution in [-0.2, 0) is 7.05 Å². The Labute approximate surface area is 85.2 Å². The number of aromatic nitrogens is 3. The fourth-order valence-corrected chi connectivity index (χ4v) is 1.85. The van der Waals surface area contributed by atoms with Gasteiger partial charge < -0.3 is 4.98 Å². The summed E-state index contributed by atoms with van der Waals surface area (Å²) in [5.74, 6) is 0. The Morgan fingerprint density at radius 1 is 1.33 bits per heavy atom. The summed E-state index contributed by atoms with van der Waals surface area (Å²) in [6.07, 6.45) is 1.75. The van der Waals surface area contributed by atoms with Crippen LogP contribution in [0.3, 0.4) is 0 Å². The molecular weight excluding hydrogens is 190 g/mol. The number of nitrogens with one attached hydrogen (secondary N) is 1. The first-order chi connectivity index (χ1) is 7.27. The van der Waals surface area contributed by atoms with Crippen LogP contribution in [0.2, 0.25) is 0 Å². The highest BCUT2D eigenvalue weighted by atomic mass is 16.1. The second kappa shape index (κ2) is 2.70. The number of benzene rings is 1. The van der Waals surface area contributed by atoms with E-state index >= 15 is 0 Å². The maximum atomic E-state index is 11.5. The number of hydrogen-bond donors (Lipinski definition) is 1. The molecule has 0 aliphatic heterocycles. The highest BCUT2D eigenvalue weighted by Gasteiger charge is 2.06. The molecule has 2 aromatic heterocycles. The van der Waals surface area contributed by atoms with E-state index in [4.69, 9.17) is 0 Å². The van der Waals surface area contributed by atoms with Crippen molar-refractivity contribution in [2.75, 3.05) is 0 Å². The fraction of sp³-hybridized carbons (Fsp3) is 0.0909. The number of nitrogens with zero attached hydrogens (tertiary/aromatic N) is 2. The lowest BCUT2D eigenvalue weighted by atomic mass is 10.2. The van der Waals surface area contributed by atoms with Crippen molar-refractivity contribution in [3.05, 3.63) is 40.9 Å². The quantitative estimate of drug-likeness (QED) is 0.595. The lowest BCUT2D eigenvalue weighted by Crippen LogP contribution is -2.11. The van der Waals surface area contributed by atoms with Crippen LogP contribution >= 0.6 is 0 Å². The van der Waals surface area contributed by atoms with Crippen molar-refractivity contribution in [3.63, 3.8) is 0 Å². The van der Waals surface area contributed by atoms with Crippen molar-refractivity contribution in [2.24, 2.45) is 7.05 Å². The first-order valence-corrected chi connectivity index (χ1v) is 4.70. The molecule has 0 spiro atoms. The number of pyridine rings is 1. The van der Waals surface area contributed by atoms with E-state index < -0.39 is 0 Å². The number of fused-ring (bicyclic) bond motifs is 3. The molecule has 3 aromatic rings. The predicted molar refractivity (Wildman–Crippen MR) is 58.8 cm³/mol. The summed E-state index contributed by atoms with van der Waals surface area (Å²) in [6, 6.07) is 7.65. The molecule has 2 heterocycles. The number of H-pyrrole nitrogens is 1. The van der Waals surface area contributed by atoms with Gasteiger partial charge >= 0.3 is 5.69 Å². The molecule has 0 saturated heterocycles. The van der Waals surface area contributed by atoms with Crippen LogP contribution in [0.25, 0.3) is 21.9 Å². The van der Waals surface area contributed by atoms with Gasteiger partial charge in [-0.3, -0.25) is 9.55 Å². The number of hydrogen-bond acceptors (Lipinski definition) is 2. The number of aryl methyl sites for hydroxylation is 1. The van der Waals surface area contributed by atoms with Gasteiger partial charge in [-0.25, -0.2) is 4.79 Å². The zero-order valence-electron chi connectivity index (χ0n) is 8.19. The summed E-state index contributed by atoms with van der Waals surface area (Å²) in [6.45, 7) is 0. The molecule has 1 N–H and O–H groups in total. The molecule has 0 radical (unpaired) electrons. The molecule has 0 amide bonds. The lowest BCUT2D eigenvalue weighted by molar-refractivity contribution is 0.891. The van der Waals surface area contributed by atoms with E-state index in [1.54, 1.807) is 17.8 Å². The Bertz CT molecular complexity index is 708. The molecule has 0 unspecified atom stereocenters. The molecule has 4 nitrogen and oxygen atoms in total. The Balaban J connectivity index is 2.66. The third kappa shape index (κ3) is 1.01. The molecule has 4 heteroatoms. The molecule has 0 saturated carbocycles. The zero-order valence-corrected chi connectivity index (χ0v) is 8.19. The average molecular weight is 199 g/mol. The molecule has 0 aliphatic carbocycles. The maximum Gasteiger partial charge on any atom is 0.326 e. The van der Waals surface area contributed by atoms with Crippen LogP contribution in [-0.4, -0.2) is 14.5 Å². The van der Waals surface area contributed by atoms with Crippen molar-refractivity contribution in [1.82, 2.24) is 14.5 Å². The molecule has 3 rings (SSSR count). The van der Waals surface area contributed by atoms with Gasteiger partial charge in [-0.05, 0) is 24.3 Å². The topological polar surface area (TPSA) is 50.7 Å². The van der Waals surface area contributed by atoms with Gasteiger partial charge in [0.2, 0.25) is 0 Å². The van der Waals surface area contributed by atoms with Gasteiger partial charge in [0.05, 0.1) is 16.6 Å². The fourth-order valence-electron chi connectivity index (χ4n) is 1.85. The van der Waals surface area contributed by atoms with Crippen molar-refractivity contribution in [3.8, 4) is 0 Å². The SMILES string of the molecule is Cn1c(=O)[nH]c2c3cccnc3ccc21. The van der Waals surface area contributed by atoms with Gasteiger partial charge in [0.25, 0.3) is 0 Å². The Kier molecular flexibility index (Phi) is 1.48. The minimum Gasteiger partial charge on any atom is -0.305 e. The van der Waals surface area contributed by atoms with Crippen LogP contribution < -0.4 is 5.69 Å². The highest BCUT2D eigenvalue weighted by Crippen LogP contribution is 2.20. The van der Waals surface area contributed by atoms with Crippen molar-refractivity contribution >= 4 is 21.9 Å². The second-order valence-corrected chi connectivity index (χ2v) is 3.52. The van der Waals surface area contributed by atoms with Gasteiger partial charge in [-0.2, -0.15) is 0 Å². The molecule has 15 heavy (non-hydrogen) atoms. The van der Waals surface area contributed by atoms with Crippen molar-refractivity contribution in [2.45, 2.75) is 0 Å². The standard InChI is InChI=1S/C11H9N3O/c1-14-9-5-4-8-7(3-2-6-12-8)10(9)13-11(14)15/h2-6H,1H3,(H,13,15). The molecule has 0 atom stereocenters. The van der Waals surface area contributed by atoms with Crippen LogP contribution in [0.5, 0.6) is 0 Å². The molecular formula is C11H9N3O. The molecule has 74 valence electrons. The summed E-state index contributed by atoms with van der Waals surface area (Å²) < 4.78 is 1.60. The van der Waals surface area contributed by atoms with Gasteiger partial charge in [0.15, 0.2) is 0 Å². The Morgan fingerprint density at radius 2 is 2.20 bits per heavy atom. The normalized spacial score (nSPS) is 11.3. The lowest BCUT2D eigenvalue weighted by Gasteiger charge is -1.98. The Morgan fingerprint density at radius 3 is 3.07 bits per heavy atom. The largest absolute Gasteiger partial charge is 0.326 e. The van der Waals surface area contributed by atoms with E-state index in [2.05, 4.69) is 9.97 Å². The van der Waals surface area contributed by atoms with Gasteiger partial charge in [-0.1, -0.05) is 0 Å². The first kappa shape index (κ1) is 8.23.